The Bertz CT molecular complexity index is 923. The molecule has 1 atom stereocenters. The van der Waals surface area contributed by atoms with E-state index in [0.29, 0.717) is 5.39 Å². The molecule has 128 valence electrons. The Morgan fingerprint density at radius 1 is 1.12 bits per heavy atom. The van der Waals surface area contributed by atoms with Crippen LogP contribution < -0.4 is 10.5 Å². The first-order chi connectivity index (χ1) is 11.8. The number of amides is 1. The molecule has 0 saturated carbocycles. The average molecular weight is 347 g/mol. The Morgan fingerprint density at radius 3 is 2.60 bits per heavy atom. The number of fused-ring (bicyclic) bond motifs is 1. The molecule has 3 rings (SSSR count). The highest BCUT2D eigenvalue weighted by Gasteiger charge is 2.32. The maximum Gasteiger partial charge on any atom is 0.573 e. The summed E-state index contributed by atoms with van der Waals surface area (Å²) in [5.74, 6) is -2.25. The summed E-state index contributed by atoms with van der Waals surface area (Å²) < 4.78 is 41.2. The van der Waals surface area contributed by atoms with Crippen molar-refractivity contribution in [2.75, 3.05) is 0 Å². The van der Waals surface area contributed by atoms with Gasteiger partial charge < -0.3 is 10.5 Å². The van der Waals surface area contributed by atoms with Gasteiger partial charge in [0.15, 0.2) is 0 Å². The number of hydrogen-bond donors (Lipinski definition) is 1. The smallest absolute Gasteiger partial charge is 0.406 e. The van der Waals surface area contributed by atoms with Crippen molar-refractivity contribution in [1.29, 1.82) is 0 Å². The van der Waals surface area contributed by atoms with Gasteiger partial charge in [0.25, 0.3) is 0 Å². The van der Waals surface area contributed by atoms with Gasteiger partial charge in [-0.3, -0.25) is 4.79 Å². The fourth-order valence-electron chi connectivity index (χ4n) is 2.61. The van der Waals surface area contributed by atoms with Crippen molar-refractivity contribution in [3.05, 3.63) is 66.0 Å². The van der Waals surface area contributed by atoms with Gasteiger partial charge in [-0.15, -0.1) is 13.2 Å². The number of nitrogens with two attached hydrogens (primary N) is 1. The minimum absolute atomic E-state index is 0.236. The summed E-state index contributed by atoms with van der Waals surface area (Å²) in [6.45, 7) is 0. The number of carbonyl (C=O) groups is 1. The molecule has 1 aromatic heterocycles. The van der Waals surface area contributed by atoms with Crippen molar-refractivity contribution in [1.82, 2.24) is 10.2 Å². The largest absolute Gasteiger partial charge is 0.573 e. The molecule has 0 spiro atoms. The molecule has 0 radical (unpaired) electrons. The van der Waals surface area contributed by atoms with Crippen molar-refractivity contribution < 1.29 is 22.7 Å². The lowest BCUT2D eigenvalue weighted by Crippen LogP contribution is -2.24. The van der Waals surface area contributed by atoms with Gasteiger partial charge in [0.2, 0.25) is 5.91 Å². The highest BCUT2D eigenvalue weighted by molar-refractivity contribution is 5.92. The number of primary amides is 1. The summed E-state index contributed by atoms with van der Waals surface area (Å²) in [4.78, 5) is 12.0. The van der Waals surface area contributed by atoms with E-state index in [9.17, 15) is 18.0 Å². The zero-order valence-corrected chi connectivity index (χ0v) is 12.7. The maximum absolute atomic E-state index is 12.4. The number of aromatic nitrogens is 2. The summed E-state index contributed by atoms with van der Waals surface area (Å²) in [7, 11) is 0. The monoisotopic (exact) mass is 347 g/mol. The third-order valence-corrected chi connectivity index (χ3v) is 3.58. The minimum atomic E-state index is -4.83. The molecule has 0 aliphatic carbocycles. The van der Waals surface area contributed by atoms with Crippen LogP contribution in [0.3, 0.4) is 0 Å². The van der Waals surface area contributed by atoms with Gasteiger partial charge in [-0.2, -0.15) is 10.2 Å². The molecule has 0 aliphatic heterocycles. The Morgan fingerprint density at radius 2 is 1.88 bits per heavy atom. The van der Waals surface area contributed by atoms with Crippen molar-refractivity contribution in [3.8, 4) is 5.75 Å². The number of carbonyl (C=O) groups excluding carboxylic acids is 1. The Hall–Kier alpha value is -3.16. The van der Waals surface area contributed by atoms with Gasteiger partial charge in [0, 0.05) is 10.8 Å². The van der Waals surface area contributed by atoms with Crippen LogP contribution in [-0.4, -0.2) is 22.5 Å². The lowest BCUT2D eigenvalue weighted by Gasteiger charge is -2.16. The molecular formula is C17H12F3N3O2. The third-order valence-electron chi connectivity index (χ3n) is 3.58. The predicted octanol–water partition coefficient (Wildman–Crippen LogP) is 3.15. The van der Waals surface area contributed by atoms with Crippen molar-refractivity contribution in [3.63, 3.8) is 0 Å². The van der Waals surface area contributed by atoms with Crippen LogP contribution in [0.4, 0.5) is 13.2 Å². The number of hydrogen-bond acceptors (Lipinski definition) is 4. The van der Waals surface area contributed by atoms with Gasteiger partial charge in [-0.1, -0.05) is 36.4 Å². The molecule has 2 aromatic carbocycles. The van der Waals surface area contributed by atoms with E-state index in [-0.39, 0.29) is 11.3 Å². The molecule has 0 aliphatic rings. The van der Waals surface area contributed by atoms with E-state index in [1.165, 1.54) is 18.3 Å². The van der Waals surface area contributed by atoms with E-state index in [4.69, 9.17) is 5.73 Å². The van der Waals surface area contributed by atoms with E-state index in [2.05, 4.69) is 14.9 Å². The number of rotatable bonds is 4. The second kappa shape index (κ2) is 6.39. The zero-order valence-electron chi connectivity index (χ0n) is 12.7. The second-order valence-electron chi connectivity index (χ2n) is 5.27. The highest BCUT2D eigenvalue weighted by Crippen LogP contribution is 2.31. The number of ether oxygens (including phenoxy) is 1. The molecule has 2 N–H and O–H groups in total. The van der Waals surface area contributed by atoms with E-state index in [1.807, 2.05) is 0 Å². The van der Waals surface area contributed by atoms with Gasteiger partial charge in [-0.05, 0) is 17.7 Å². The van der Waals surface area contributed by atoms with Crippen LogP contribution >= 0.6 is 0 Å². The number of nitrogens with zero attached hydrogens (tertiary/aromatic N) is 2. The van der Waals surface area contributed by atoms with Gasteiger partial charge >= 0.3 is 6.36 Å². The second-order valence-corrected chi connectivity index (χ2v) is 5.27. The van der Waals surface area contributed by atoms with Crippen LogP contribution in [0, 0.1) is 0 Å². The molecule has 0 bridgehead atoms. The third kappa shape index (κ3) is 3.68. The highest BCUT2D eigenvalue weighted by atomic mass is 19.4. The minimum Gasteiger partial charge on any atom is -0.406 e. The van der Waals surface area contributed by atoms with Crippen LogP contribution in [-0.2, 0) is 4.79 Å². The SMILES string of the molecule is NC(=O)C(c1cccc(OC(F)(F)F)c1)c1nncc2ccccc12. The Kier molecular flexibility index (Phi) is 4.26. The predicted molar refractivity (Wildman–Crippen MR) is 83.7 cm³/mol. The average Bonchev–Trinajstić information content (AvgIpc) is 2.54. The molecule has 0 fully saturated rings. The van der Waals surface area contributed by atoms with Gasteiger partial charge in [0.1, 0.15) is 11.7 Å². The lowest BCUT2D eigenvalue weighted by atomic mass is 9.92. The normalized spacial score (nSPS) is 12.8. The quantitative estimate of drug-likeness (QED) is 0.786. The van der Waals surface area contributed by atoms with Crippen LogP contribution in [0.5, 0.6) is 5.75 Å². The van der Waals surface area contributed by atoms with Crippen LogP contribution in [0.25, 0.3) is 10.8 Å². The van der Waals surface area contributed by atoms with Crippen LogP contribution in [0.1, 0.15) is 17.2 Å². The fraction of sp³-hybridized carbons (Fsp3) is 0.118. The number of halogens is 3. The first kappa shape index (κ1) is 16.7. The molecule has 5 nitrogen and oxygen atoms in total. The summed E-state index contributed by atoms with van der Waals surface area (Å²) in [6.07, 6.45) is -3.31. The maximum atomic E-state index is 12.4. The molecule has 3 aromatic rings. The van der Waals surface area contributed by atoms with Crippen molar-refractivity contribution in [2.45, 2.75) is 12.3 Å². The summed E-state index contributed by atoms with van der Waals surface area (Å²) >= 11 is 0. The standard InChI is InChI=1S/C17H12F3N3O2/c18-17(19,20)25-12-6-3-5-10(8-12)14(16(21)24)15-13-7-2-1-4-11(13)9-22-23-15/h1-9,14H,(H2,21,24). The topological polar surface area (TPSA) is 78.1 Å². The zero-order chi connectivity index (χ0) is 18.0. The molecule has 25 heavy (non-hydrogen) atoms. The molecule has 8 heteroatoms. The Balaban J connectivity index is 2.11. The van der Waals surface area contributed by atoms with Crippen LogP contribution in [0.15, 0.2) is 54.7 Å². The first-order valence-corrected chi connectivity index (χ1v) is 7.20. The van der Waals surface area contributed by atoms with Gasteiger partial charge in [-0.25, -0.2) is 0 Å². The van der Waals surface area contributed by atoms with Crippen molar-refractivity contribution >= 4 is 16.7 Å². The first-order valence-electron chi connectivity index (χ1n) is 7.20. The van der Waals surface area contributed by atoms with Gasteiger partial charge in [0.05, 0.1) is 11.9 Å². The van der Waals surface area contributed by atoms with E-state index in [0.717, 1.165) is 17.5 Å². The van der Waals surface area contributed by atoms with E-state index < -0.39 is 23.9 Å². The Labute approximate surface area is 140 Å². The van der Waals surface area contributed by atoms with E-state index >= 15 is 0 Å². The van der Waals surface area contributed by atoms with Crippen LogP contribution in [0.2, 0.25) is 0 Å². The molecule has 1 amide bonds. The number of alkyl halides is 3. The fourth-order valence-corrected chi connectivity index (χ4v) is 2.61. The molecule has 0 saturated heterocycles. The van der Waals surface area contributed by atoms with E-state index in [1.54, 1.807) is 24.3 Å². The van der Waals surface area contributed by atoms with Crippen molar-refractivity contribution in [2.24, 2.45) is 5.73 Å². The molecule has 1 heterocycles. The number of benzene rings is 2. The summed E-state index contributed by atoms with van der Waals surface area (Å²) in [5.41, 5.74) is 6.01. The molecule has 1 unspecified atom stereocenters. The molecular weight excluding hydrogens is 335 g/mol. The summed E-state index contributed by atoms with van der Waals surface area (Å²) in [6, 6.07) is 12.2. The summed E-state index contributed by atoms with van der Waals surface area (Å²) in [5, 5.41) is 9.23. The lowest BCUT2D eigenvalue weighted by molar-refractivity contribution is -0.274.